The van der Waals surface area contributed by atoms with Crippen molar-refractivity contribution in [1.29, 1.82) is 0 Å². The molecule has 0 saturated heterocycles. The second kappa shape index (κ2) is 5.26. The van der Waals surface area contributed by atoms with Gasteiger partial charge in [-0.3, -0.25) is 4.21 Å². The summed E-state index contributed by atoms with van der Waals surface area (Å²) in [6.07, 6.45) is 3.78. The lowest BCUT2D eigenvalue weighted by Gasteiger charge is -2.03. The smallest absolute Gasteiger partial charge is 0.0235 e. The Labute approximate surface area is 98.9 Å². The molecule has 2 aromatic rings. The van der Waals surface area contributed by atoms with Crippen LogP contribution in [0.1, 0.15) is 12.0 Å². The van der Waals surface area contributed by atoms with Crippen molar-refractivity contribution in [2.75, 3.05) is 12.0 Å². The molecule has 0 N–H and O–H groups in total. The summed E-state index contributed by atoms with van der Waals surface area (Å²) in [4.78, 5) is 0. The Morgan fingerprint density at radius 3 is 2.56 bits per heavy atom. The van der Waals surface area contributed by atoms with Gasteiger partial charge in [0.1, 0.15) is 0 Å². The van der Waals surface area contributed by atoms with Crippen molar-refractivity contribution in [3.05, 3.63) is 48.0 Å². The number of benzene rings is 2. The summed E-state index contributed by atoms with van der Waals surface area (Å²) in [6, 6.07) is 14.9. The third-order valence-electron chi connectivity index (χ3n) is 2.71. The molecule has 0 aromatic heterocycles. The topological polar surface area (TPSA) is 17.1 Å². The standard InChI is InChI=1S/C14H16OS/c1-16(15)10-4-5-12-8-9-13-6-2-3-7-14(13)11-12/h2-3,6-9,11H,4-5,10H2,1H3. The van der Waals surface area contributed by atoms with E-state index in [2.05, 4.69) is 42.5 Å². The maximum absolute atomic E-state index is 11.0. The van der Waals surface area contributed by atoms with Gasteiger partial charge >= 0.3 is 0 Å². The van der Waals surface area contributed by atoms with Gasteiger partial charge in [-0.25, -0.2) is 0 Å². The molecule has 0 bridgehead atoms. The van der Waals surface area contributed by atoms with Gasteiger partial charge in [0.2, 0.25) is 0 Å². The van der Waals surface area contributed by atoms with Gasteiger partial charge < -0.3 is 0 Å². The highest BCUT2D eigenvalue weighted by Gasteiger charge is 1.97. The normalized spacial score (nSPS) is 12.8. The fourth-order valence-corrected chi connectivity index (χ4v) is 2.42. The molecular formula is C14H16OS. The van der Waals surface area contributed by atoms with Crippen LogP contribution in [-0.2, 0) is 17.2 Å². The largest absolute Gasteiger partial charge is 0.260 e. The summed E-state index contributed by atoms with van der Waals surface area (Å²) in [5.74, 6) is 0.798. The molecule has 84 valence electrons. The van der Waals surface area contributed by atoms with E-state index in [9.17, 15) is 4.21 Å². The molecule has 0 saturated carbocycles. The lowest BCUT2D eigenvalue weighted by atomic mass is 10.0. The van der Waals surface area contributed by atoms with E-state index >= 15 is 0 Å². The van der Waals surface area contributed by atoms with E-state index in [4.69, 9.17) is 0 Å². The Morgan fingerprint density at radius 2 is 1.81 bits per heavy atom. The van der Waals surface area contributed by atoms with Crippen molar-refractivity contribution in [1.82, 2.24) is 0 Å². The van der Waals surface area contributed by atoms with E-state index in [1.807, 2.05) is 0 Å². The van der Waals surface area contributed by atoms with Crippen LogP contribution in [0.25, 0.3) is 10.8 Å². The molecule has 0 aliphatic heterocycles. The fraction of sp³-hybridized carbons (Fsp3) is 0.286. The number of fused-ring (bicyclic) bond motifs is 1. The first-order valence-electron chi connectivity index (χ1n) is 5.53. The average Bonchev–Trinajstić information content (AvgIpc) is 2.28. The zero-order chi connectivity index (χ0) is 11.4. The molecular weight excluding hydrogens is 216 g/mol. The van der Waals surface area contributed by atoms with Gasteiger partial charge in [-0.2, -0.15) is 0 Å². The number of rotatable bonds is 4. The van der Waals surface area contributed by atoms with Crippen LogP contribution in [0.15, 0.2) is 42.5 Å². The zero-order valence-corrected chi connectivity index (χ0v) is 10.3. The van der Waals surface area contributed by atoms with Gasteiger partial charge in [-0.1, -0.05) is 42.5 Å². The first kappa shape index (κ1) is 11.3. The van der Waals surface area contributed by atoms with Gasteiger partial charge in [-0.05, 0) is 29.2 Å². The molecule has 0 radical (unpaired) electrons. The average molecular weight is 232 g/mol. The van der Waals surface area contributed by atoms with E-state index in [0.717, 1.165) is 18.6 Å². The Bertz CT molecular complexity index is 505. The fourth-order valence-electron chi connectivity index (χ4n) is 1.87. The zero-order valence-electron chi connectivity index (χ0n) is 9.48. The molecule has 0 aliphatic rings. The van der Waals surface area contributed by atoms with E-state index in [1.165, 1.54) is 16.3 Å². The van der Waals surface area contributed by atoms with Crippen molar-refractivity contribution in [3.63, 3.8) is 0 Å². The van der Waals surface area contributed by atoms with Gasteiger partial charge in [0.15, 0.2) is 0 Å². The minimum absolute atomic E-state index is 0.666. The number of hydrogen-bond donors (Lipinski definition) is 0. The van der Waals surface area contributed by atoms with Gasteiger partial charge in [0.25, 0.3) is 0 Å². The molecule has 0 fully saturated rings. The van der Waals surface area contributed by atoms with Crippen LogP contribution < -0.4 is 0 Å². The van der Waals surface area contributed by atoms with Crippen LogP contribution in [0.2, 0.25) is 0 Å². The minimum Gasteiger partial charge on any atom is -0.260 e. The summed E-state index contributed by atoms with van der Waals surface area (Å²) in [5.41, 5.74) is 1.34. The van der Waals surface area contributed by atoms with Crippen LogP contribution >= 0.6 is 0 Å². The van der Waals surface area contributed by atoms with E-state index < -0.39 is 10.8 Å². The van der Waals surface area contributed by atoms with Crippen molar-refractivity contribution < 1.29 is 4.21 Å². The van der Waals surface area contributed by atoms with E-state index in [-0.39, 0.29) is 0 Å². The Kier molecular flexibility index (Phi) is 3.73. The van der Waals surface area contributed by atoms with Gasteiger partial charge in [-0.15, -0.1) is 0 Å². The Hall–Kier alpha value is -1.15. The summed E-state index contributed by atoms with van der Waals surface area (Å²) >= 11 is 0. The molecule has 1 atom stereocenters. The quantitative estimate of drug-likeness (QED) is 0.791. The first-order valence-corrected chi connectivity index (χ1v) is 7.26. The SMILES string of the molecule is CS(=O)CCCc1ccc2ccccc2c1. The lowest BCUT2D eigenvalue weighted by Crippen LogP contribution is -1.96. The first-order chi connectivity index (χ1) is 7.75. The molecule has 0 amide bonds. The summed E-state index contributed by atoms with van der Waals surface area (Å²) in [7, 11) is -0.666. The highest BCUT2D eigenvalue weighted by molar-refractivity contribution is 7.84. The molecule has 1 nitrogen and oxygen atoms in total. The maximum atomic E-state index is 11.0. The summed E-state index contributed by atoms with van der Waals surface area (Å²) < 4.78 is 11.0. The molecule has 0 spiro atoms. The van der Waals surface area contributed by atoms with Crippen molar-refractivity contribution in [2.45, 2.75) is 12.8 Å². The van der Waals surface area contributed by atoms with Crippen molar-refractivity contribution in [3.8, 4) is 0 Å². The lowest BCUT2D eigenvalue weighted by molar-refractivity contribution is 0.684. The molecule has 2 aromatic carbocycles. The third-order valence-corrected chi connectivity index (χ3v) is 3.57. The second-order valence-electron chi connectivity index (χ2n) is 4.06. The molecule has 2 heteroatoms. The summed E-state index contributed by atoms with van der Waals surface area (Å²) in [6.45, 7) is 0. The van der Waals surface area contributed by atoms with Crippen LogP contribution in [-0.4, -0.2) is 16.2 Å². The number of hydrogen-bond acceptors (Lipinski definition) is 1. The number of aryl methyl sites for hydroxylation is 1. The van der Waals surface area contributed by atoms with Gasteiger partial charge in [0, 0.05) is 22.8 Å². The van der Waals surface area contributed by atoms with Gasteiger partial charge in [0.05, 0.1) is 0 Å². The van der Waals surface area contributed by atoms with E-state index in [0.29, 0.717) is 0 Å². The molecule has 0 heterocycles. The molecule has 0 aliphatic carbocycles. The maximum Gasteiger partial charge on any atom is 0.0235 e. The van der Waals surface area contributed by atoms with E-state index in [1.54, 1.807) is 6.26 Å². The molecule has 16 heavy (non-hydrogen) atoms. The van der Waals surface area contributed by atoms with Crippen molar-refractivity contribution in [2.24, 2.45) is 0 Å². The monoisotopic (exact) mass is 232 g/mol. The summed E-state index contributed by atoms with van der Waals surface area (Å²) in [5, 5.41) is 2.57. The van der Waals surface area contributed by atoms with Crippen LogP contribution in [0.4, 0.5) is 0 Å². The minimum atomic E-state index is -0.666. The predicted octanol–water partition coefficient (Wildman–Crippen LogP) is 3.15. The highest BCUT2D eigenvalue weighted by Crippen LogP contribution is 2.16. The Morgan fingerprint density at radius 1 is 1.06 bits per heavy atom. The predicted molar refractivity (Wildman–Crippen MR) is 71.2 cm³/mol. The van der Waals surface area contributed by atoms with Crippen LogP contribution in [0, 0.1) is 0 Å². The van der Waals surface area contributed by atoms with Crippen LogP contribution in [0.5, 0.6) is 0 Å². The second-order valence-corrected chi connectivity index (χ2v) is 5.62. The Balaban J connectivity index is 2.10. The molecule has 2 rings (SSSR count). The van der Waals surface area contributed by atoms with Crippen LogP contribution in [0.3, 0.4) is 0 Å². The highest BCUT2D eigenvalue weighted by atomic mass is 32.2. The van der Waals surface area contributed by atoms with Crippen molar-refractivity contribution >= 4 is 21.6 Å². The third kappa shape index (κ3) is 2.92. The molecule has 1 unspecified atom stereocenters.